The van der Waals surface area contributed by atoms with E-state index in [0.717, 1.165) is 3.79 Å². The van der Waals surface area contributed by atoms with Crippen molar-refractivity contribution in [2.75, 3.05) is 36.8 Å². The molecule has 0 aliphatic carbocycles. The first-order valence-electron chi connectivity index (χ1n) is 6.67. The van der Waals surface area contributed by atoms with Crippen LogP contribution in [0.15, 0.2) is 26.2 Å². The molecule has 0 saturated carbocycles. The number of aromatic nitrogens is 2. The molecule has 0 radical (unpaired) electrons. The third-order valence-corrected chi connectivity index (χ3v) is 7.59. The van der Waals surface area contributed by atoms with Crippen LogP contribution in [0.2, 0.25) is 5.15 Å². The van der Waals surface area contributed by atoms with E-state index in [1.165, 1.54) is 15.6 Å². The average Bonchev–Trinajstić information content (AvgIpc) is 2.94. The molecule has 2 N–H and O–H groups in total. The molecule has 3 heterocycles. The monoisotopic (exact) mass is 437 g/mol. The maximum atomic E-state index is 12.6. The van der Waals surface area contributed by atoms with Gasteiger partial charge in [-0.1, -0.05) is 11.6 Å². The molecule has 2 aromatic rings. The van der Waals surface area contributed by atoms with Crippen LogP contribution in [0.25, 0.3) is 0 Å². The predicted octanol–water partition coefficient (Wildman–Crippen LogP) is 2.05. The molecule has 0 atom stereocenters. The molecule has 23 heavy (non-hydrogen) atoms. The highest BCUT2D eigenvalue weighted by atomic mass is 79.9. The Kier molecular flexibility index (Phi) is 4.79. The summed E-state index contributed by atoms with van der Waals surface area (Å²) in [6.45, 7) is 1.77. The Hall–Kier alpha value is -0.940. The van der Waals surface area contributed by atoms with Gasteiger partial charge in [-0.3, -0.25) is 0 Å². The van der Waals surface area contributed by atoms with E-state index in [0.29, 0.717) is 36.2 Å². The fraction of sp³-hybridized carbons (Fsp3) is 0.333. The summed E-state index contributed by atoms with van der Waals surface area (Å²) in [6.07, 6.45) is 0. The molecule has 1 saturated heterocycles. The molecule has 7 nitrogen and oxygen atoms in total. The third-order valence-electron chi connectivity index (χ3n) is 3.40. The van der Waals surface area contributed by atoms with Gasteiger partial charge in [0.2, 0.25) is 5.95 Å². The van der Waals surface area contributed by atoms with Crippen molar-refractivity contribution in [1.29, 1.82) is 0 Å². The summed E-state index contributed by atoms with van der Waals surface area (Å²) in [5.41, 5.74) is 5.60. The Balaban J connectivity index is 1.73. The lowest BCUT2D eigenvalue weighted by Gasteiger charge is -2.34. The summed E-state index contributed by atoms with van der Waals surface area (Å²) in [6, 6.07) is 4.97. The quantitative estimate of drug-likeness (QED) is 0.737. The van der Waals surface area contributed by atoms with Crippen molar-refractivity contribution < 1.29 is 8.42 Å². The highest BCUT2D eigenvalue weighted by Crippen LogP contribution is 2.29. The first kappa shape index (κ1) is 16.9. The number of thiophene rings is 1. The van der Waals surface area contributed by atoms with E-state index in [1.54, 1.807) is 18.2 Å². The van der Waals surface area contributed by atoms with Crippen molar-refractivity contribution in [3.05, 3.63) is 27.1 Å². The van der Waals surface area contributed by atoms with Crippen LogP contribution in [-0.4, -0.2) is 48.9 Å². The number of nitrogen functional groups attached to an aromatic ring is 1. The number of halogens is 2. The second kappa shape index (κ2) is 6.52. The SMILES string of the molecule is Nc1nc(Cl)cc(N2CCN(S(=O)(=O)c3ccc(Br)s3)CC2)n1. The molecule has 0 unspecified atom stereocenters. The molecule has 1 aliphatic rings. The summed E-state index contributed by atoms with van der Waals surface area (Å²) < 4.78 is 27.8. The van der Waals surface area contributed by atoms with E-state index < -0.39 is 10.0 Å². The topological polar surface area (TPSA) is 92.4 Å². The normalized spacial score (nSPS) is 16.7. The van der Waals surface area contributed by atoms with Gasteiger partial charge in [0.25, 0.3) is 10.0 Å². The lowest BCUT2D eigenvalue weighted by molar-refractivity contribution is 0.385. The minimum atomic E-state index is -3.45. The van der Waals surface area contributed by atoms with E-state index in [9.17, 15) is 8.42 Å². The van der Waals surface area contributed by atoms with Gasteiger partial charge < -0.3 is 10.6 Å². The number of nitrogens with zero attached hydrogens (tertiary/aromatic N) is 4. The molecule has 0 amide bonds. The number of anilines is 2. The van der Waals surface area contributed by atoms with Crippen LogP contribution in [0.1, 0.15) is 0 Å². The van der Waals surface area contributed by atoms with Gasteiger partial charge in [-0.15, -0.1) is 11.3 Å². The van der Waals surface area contributed by atoms with Crippen molar-refractivity contribution in [2.45, 2.75) is 4.21 Å². The number of piperazine rings is 1. The van der Waals surface area contributed by atoms with E-state index in [1.807, 2.05) is 4.90 Å². The van der Waals surface area contributed by atoms with Crippen molar-refractivity contribution in [1.82, 2.24) is 14.3 Å². The van der Waals surface area contributed by atoms with Crippen LogP contribution in [0, 0.1) is 0 Å². The highest BCUT2D eigenvalue weighted by molar-refractivity contribution is 9.11. The molecular formula is C12H13BrClN5O2S2. The molecule has 2 aromatic heterocycles. The van der Waals surface area contributed by atoms with E-state index >= 15 is 0 Å². The van der Waals surface area contributed by atoms with Gasteiger partial charge in [-0.2, -0.15) is 9.29 Å². The summed E-state index contributed by atoms with van der Waals surface area (Å²) in [5, 5.41) is 0.269. The van der Waals surface area contributed by atoms with E-state index in [2.05, 4.69) is 25.9 Å². The molecule has 124 valence electrons. The van der Waals surface area contributed by atoms with Gasteiger partial charge in [0, 0.05) is 32.2 Å². The van der Waals surface area contributed by atoms with E-state index in [4.69, 9.17) is 17.3 Å². The highest BCUT2D eigenvalue weighted by Gasteiger charge is 2.30. The smallest absolute Gasteiger partial charge is 0.252 e. The average molecular weight is 439 g/mol. The zero-order valence-electron chi connectivity index (χ0n) is 11.8. The molecular weight excluding hydrogens is 426 g/mol. The molecule has 1 fully saturated rings. The van der Waals surface area contributed by atoms with Crippen molar-refractivity contribution in [3.8, 4) is 0 Å². The number of nitrogens with two attached hydrogens (primary N) is 1. The van der Waals surface area contributed by atoms with Gasteiger partial charge in [0.1, 0.15) is 15.2 Å². The van der Waals surface area contributed by atoms with Crippen LogP contribution >= 0.6 is 38.9 Å². The maximum absolute atomic E-state index is 12.6. The maximum Gasteiger partial charge on any atom is 0.252 e. The van der Waals surface area contributed by atoms with Crippen LogP contribution in [0.4, 0.5) is 11.8 Å². The minimum absolute atomic E-state index is 0.103. The number of sulfonamides is 1. The second-order valence-electron chi connectivity index (χ2n) is 4.86. The Bertz CT molecular complexity index is 800. The van der Waals surface area contributed by atoms with Gasteiger partial charge >= 0.3 is 0 Å². The predicted molar refractivity (Wildman–Crippen MR) is 94.4 cm³/mol. The van der Waals surface area contributed by atoms with Gasteiger partial charge in [-0.25, -0.2) is 13.4 Å². The Labute approximate surface area is 151 Å². The van der Waals surface area contributed by atoms with Crippen LogP contribution < -0.4 is 10.6 Å². The summed E-state index contributed by atoms with van der Waals surface area (Å²) in [5.74, 6) is 0.712. The summed E-state index contributed by atoms with van der Waals surface area (Å²) in [4.78, 5) is 9.91. The zero-order valence-corrected chi connectivity index (χ0v) is 15.8. The third kappa shape index (κ3) is 3.61. The zero-order chi connectivity index (χ0) is 16.6. The lowest BCUT2D eigenvalue weighted by Crippen LogP contribution is -2.48. The Morgan fingerprint density at radius 3 is 2.48 bits per heavy atom. The van der Waals surface area contributed by atoms with Crippen LogP contribution in [0.5, 0.6) is 0 Å². The molecule has 0 aromatic carbocycles. The van der Waals surface area contributed by atoms with Gasteiger partial charge in [0.05, 0.1) is 3.79 Å². The largest absolute Gasteiger partial charge is 0.368 e. The molecule has 3 rings (SSSR count). The minimum Gasteiger partial charge on any atom is -0.368 e. The number of rotatable bonds is 3. The first-order chi connectivity index (χ1) is 10.9. The Morgan fingerprint density at radius 2 is 1.91 bits per heavy atom. The first-order valence-corrected chi connectivity index (χ1v) is 10.1. The summed E-state index contributed by atoms with van der Waals surface area (Å²) in [7, 11) is -3.45. The molecule has 1 aliphatic heterocycles. The Morgan fingerprint density at radius 1 is 1.22 bits per heavy atom. The van der Waals surface area contributed by atoms with Crippen LogP contribution in [-0.2, 0) is 10.0 Å². The van der Waals surface area contributed by atoms with Crippen molar-refractivity contribution in [3.63, 3.8) is 0 Å². The molecule has 0 bridgehead atoms. The second-order valence-corrected chi connectivity index (χ2v) is 9.87. The standard InChI is InChI=1S/C12H13BrClN5O2S2/c13-8-1-2-11(22-8)23(20,21)19-5-3-18(4-6-19)10-7-9(14)16-12(15)17-10/h1-2,7H,3-6H2,(H2,15,16,17). The lowest BCUT2D eigenvalue weighted by atomic mass is 10.3. The molecule has 0 spiro atoms. The van der Waals surface area contributed by atoms with Gasteiger partial charge in [-0.05, 0) is 28.1 Å². The van der Waals surface area contributed by atoms with Crippen molar-refractivity contribution >= 4 is 60.7 Å². The summed E-state index contributed by atoms with van der Waals surface area (Å²) >= 11 is 10.4. The van der Waals surface area contributed by atoms with E-state index in [-0.39, 0.29) is 11.1 Å². The fourth-order valence-corrected chi connectivity index (χ4v) is 6.08. The number of hydrogen-bond donors (Lipinski definition) is 1. The van der Waals surface area contributed by atoms with Crippen LogP contribution in [0.3, 0.4) is 0 Å². The fourth-order valence-electron chi connectivity index (χ4n) is 2.31. The number of hydrogen-bond acceptors (Lipinski definition) is 7. The van der Waals surface area contributed by atoms with Gasteiger partial charge in [0.15, 0.2) is 0 Å². The molecule has 11 heteroatoms. The van der Waals surface area contributed by atoms with Crippen molar-refractivity contribution in [2.24, 2.45) is 0 Å².